The van der Waals surface area contributed by atoms with Crippen molar-refractivity contribution in [1.29, 1.82) is 0 Å². The van der Waals surface area contributed by atoms with Crippen LogP contribution >= 0.6 is 0 Å². The van der Waals surface area contributed by atoms with E-state index in [2.05, 4.69) is 69.8 Å². The fourth-order valence-electron chi connectivity index (χ4n) is 1.89. The Hall–Kier alpha value is -1.52. The van der Waals surface area contributed by atoms with Crippen LogP contribution in [0.2, 0.25) is 0 Å². The Morgan fingerprint density at radius 1 is 1.16 bits per heavy atom. The monoisotopic (exact) mass is 254 g/mol. The molecule has 0 saturated heterocycles. The lowest BCUT2D eigenvalue weighted by molar-refractivity contribution is 0.477. The van der Waals surface area contributed by atoms with Crippen LogP contribution in [0.4, 0.5) is 0 Å². The van der Waals surface area contributed by atoms with Crippen LogP contribution in [0.15, 0.2) is 53.8 Å². The largest absolute Gasteiger partial charge is 0.121 e. The van der Waals surface area contributed by atoms with Crippen molar-refractivity contribution in [2.45, 2.75) is 47.0 Å². The molecule has 1 rings (SSSR count). The van der Waals surface area contributed by atoms with Crippen LogP contribution in [0.1, 0.15) is 52.5 Å². The first-order chi connectivity index (χ1) is 9.04. The Labute approximate surface area is 118 Å². The molecule has 0 radical (unpaired) electrons. The molecule has 0 bridgehead atoms. The minimum Gasteiger partial charge on any atom is -0.121 e. The maximum absolute atomic E-state index is 3.47. The van der Waals surface area contributed by atoms with Gasteiger partial charge in [0, 0.05) is 0 Å². The highest BCUT2D eigenvalue weighted by atomic mass is 14.2. The van der Waals surface area contributed by atoms with E-state index in [-0.39, 0.29) is 5.41 Å². The fraction of sp³-hybridized carbons (Fsp3) is 0.421. The third-order valence-corrected chi connectivity index (χ3v) is 3.13. The highest BCUT2D eigenvalue weighted by molar-refractivity contribution is 5.50. The summed E-state index contributed by atoms with van der Waals surface area (Å²) in [6, 6.07) is 10.4. The van der Waals surface area contributed by atoms with E-state index in [1.807, 2.05) is 12.1 Å². The molecular formula is C19H26. The quantitative estimate of drug-likeness (QED) is 0.445. The summed E-state index contributed by atoms with van der Waals surface area (Å²) in [4.78, 5) is 0. The van der Waals surface area contributed by atoms with E-state index in [9.17, 15) is 0 Å². The van der Waals surface area contributed by atoms with Gasteiger partial charge in [-0.2, -0.15) is 0 Å². The van der Waals surface area contributed by atoms with Gasteiger partial charge in [0.25, 0.3) is 0 Å². The Morgan fingerprint density at radius 2 is 1.84 bits per heavy atom. The number of rotatable bonds is 5. The number of allylic oxidation sites excluding steroid dienone is 2. The van der Waals surface area contributed by atoms with E-state index in [0.717, 1.165) is 6.42 Å². The molecule has 19 heavy (non-hydrogen) atoms. The van der Waals surface area contributed by atoms with Crippen LogP contribution in [-0.4, -0.2) is 0 Å². The molecule has 0 fully saturated rings. The Balaban J connectivity index is 2.78. The molecule has 0 amide bonds. The third kappa shape index (κ3) is 6.27. The molecular weight excluding hydrogens is 228 g/mol. The van der Waals surface area contributed by atoms with Gasteiger partial charge in [-0.05, 0) is 35.5 Å². The molecule has 0 nitrogen and oxygen atoms in total. The van der Waals surface area contributed by atoms with Crippen LogP contribution in [0.3, 0.4) is 0 Å². The van der Waals surface area contributed by atoms with Gasteiger partial charge in [-0.1, -0.05) is 76.6 Å². The van der Waals surface area contributed by atoms with Gasteiger partial charge in [0.1, 0.15) is 0 Å². The van der Waals surface area contributed by atoms with Crippen molar-refractivity contribution in [3.63, 3.8) is 0 Å². The van der Waals surface area contributed by atoms with E-state index in [1.165, 1.54) is 24.0 Å². The molecule has 0 aliphatic rings. The minimum absolute atomic E-state index is 0.215. The average Bonchev–Trinajstić information content (AvgIpc) is 2.37. The van der Waals surface area contributed by atoms with Gasteiger partial charge in [0.2, 0.25) is 0 Å². The van der Waals surface area contributed by atoms with Gasteiger partial charge in [0.05, 0.1) is 0 Å². The van der Waals surface area contributed by atoms with E-state index in [0.29, 0.717) is 0 Å². The first-order valence-corrected chi connectivity index (χ1v) is 7.22. The van der Waals surface area contributed by atoms with Crippen molar-refractivity contribution in [3.8, 4) is 0 Å². The van der Waals surface area contributed by atoms with Crippen molar-refractivity contribution in [2.24, 2.45) is 5.41 Å². The average molecular weight is 254 g/mol. The van der Waals surface area contributed by atoms with Crippen molar-refractivity contribution in [2.75, 3.05) is 0 Å². The topological polar surface area (TPSA) is 0 Å². The van der Waals surface area contributed by atoms with Crippen LogP contribution in [-0.2, 0) is 0 Å². The van der Waals surface area contributed by atoms with Crippen LogP contribution in [0, 0.1) is 5.41 Å². The zero-order chi connectivity index (χ0) is 14.1. The van der Waals surface area contributed by atoms with Gasteiger partial charge in [-0.25, -0.2) is 0 Å². The van der Waals surface area contributed by atoms with E-state index in [4.69, 9.17) is 0 Å². The lowest BCUT2D eigenvalue weighted by Crippen LogP contribution is -2.08. The molecule has 0 heterocycles. The summed E-state index contributed by atoms with van der Waals surface area (Å²) in [7, 11) is 0. The van der Waals surface area contributed by atoms with Gasteiger partial charge in [0.15, 0.2) is 0 Å². The highest BCUT2D eigenvalue weighted by Crippen LogP contribution is 2.28. The molecule has 0 aliphatic heterocycles. The summed E-state index contributed by atoms with van der Waals surface area (Å²) < 4.78 is 0. The summed E-state index contributed by atoms with van der Waals surface area (Å²) in [6.45, 7) is 9.03. The van der Waals surface area contributed by atoms with Crippen LogP contribution in [0.5, 0.6) is 0 Å². The molecule has 0 saturated carbocycles. The summed E-state index contributed by atoms with van der Waals surface area (Å²) >= 11 is 0. The molecule has 0 heteroatoms. The van der Waals surface area contributed by atoms with E-state index < -0.39 is 0 Å². The maximum Gasteiger partial charge on any atom is -0.00971 e. The molecule has 1 aromatic carbocycles. The SMILES string of the molecule is CCCCC(=C=C/C=C\c1ccccc1)C(C)(C)C. The first-order valence-electron chi connectivity index (χ1n) is 7.22. The lowest BCUT2D eigenvalue weighted by Gasteiger charge is -2.20. The summed E-state index contributed by atoms with van der Waals surface area (Å²) in [5.41, 5.74) is 6.32. The molecule has 0 atom stereocenters. The van der Waals surface area contributed by atoms with Crippen molar-refractivity contribution in [3.05, 3.63) is 59.4 Å². The number of unbranched alkanes of at least 4 members (excludes halogenated alkanes) is 1. The zero-order valence-corrected chi connectivity index (χ0v) is 12.7. The number of hydrogen-bond donors (Lipinski definition) is 0. The molecule has 0 aliphatic carbocycles. The molecule has 1 aromatic rings. The van der Waals surface area contributed by atoms with Gasteiger partial charge < -0.3 is 0 Å². The van der Waals surface area contributed by atoms with Crippen LogP contribution < -0.4 is 0 Å². The van der Waals surface area contributed by atoms with E-state index >= 15 is 0 Å². The molecule has 0 aromatic heterocycles. The van der Waals surface area contributed by atoms with Crippen molar-refractivity contribution >= 4 is 6.08 Å². The standard InChI is InChI=1S/C19H26/c1-5-6-15-18(19(2,3)4)16-11-10-14-17-12-8-7-9-13-17/h7-14H,5-6,15H2,1-4H3/b14-10-. The Morgan fingerprint density at radius 3 is 2.42 bits per heavy atom. The summed E-state index contributed by atoms with van der Waals surface area (Å²) in [5.74, 6) is 0. The predicted molar refractivity (Wildman–Crippen MR) is 86.1 cm³/mol. The lowest BCUT2D eigenvalue weighted by atomic mass is 9.84. The molecule has 102 valence electrons. The Kier molecular flexibility index (Phi) is 6.39. The summed E-state index contributed by atoms with van der Waals surface area (Å²) in [5, 5.41) is 0. The smallest absolute Gasteiger partial charge is 0.00971 e. The third-order valence-electron chi connectivity index (χ3n) is 3.13. The fourth-order valence-corrected chi connectivity index (χ4v) is 1.89. The maximum atomic E-state index is 3.47. The predicted octanol–water partition coefficient (Wildman–Crippen LogP) is 6.02. The normalized spacial score (nSPS) is 11.4. The van der Waals surface area contributed by atoms with Gasteiger partial charge >= 0.3 is 0 Å². The van der Waals surface area contributed by atoms with Crippen molar-refractivity contribution in [1.82, 2.24) is 0 Å². The summed E-state index contributed by atoms with van der Waals surface area (Å²) in [6.07, 6.45) is 9.87. The Bertz CT molecular complexity index is 449. The van der Waals surface area contributed by atoms with Gasteiger partial charge in [-0.3, -0.25) is 0 Å². The highest BCUT2D eigenvalue weighted by Gasteiger charge is 2.15. The molecule has 0 N–H and O–H groups in total. The van der Waals surface area contributed by atoms with Crippen molar-refractivity contribution < 1.29 is 0 Å². The second kappa shape index (κ2) is 7.81. The van der Waals surface area contributed by atoms with Gasteiger partial charge in [-0.15, -0.1) is 5.73 Å². The molecule has 0 spiro atoms. The van der Waals surface area contributed by atoms with Crippen LogP contribution in [0.25, 0.3) is 6.08 Å². The molecule has 0 unspecified atom stereocenters. The zero-order valence-electron chi connectivity index (χ0n) is 12.7. The number of hydrogen-bond acceptors (Lipinski definition) is 0. The second-order valence-electron chi connectivity index (χ2n) is 5.91. The number of benzene rings is 1. The minimum atomic E-state index is 0.215. The van der Waals surface area contributed by atoms with E-state index in [1.54, 1.807) is 0 Å². The first kappa shape index (κ1) is 15.5. The second-order valence-corrected chi connectivity index (χ2v) is 5.91.